The molecule has 2 aliphatic rings. The summed E-state index contributed by atoms with van der Waals surface area (Å²) in [5.74, 6) is 0.485. The van der Waals surface area contributed by atoms with Crippen molar-refractivity contribution in [1.82, 2.24) is 0 Å². The van der Waals surface area contributed by atoms with Crippen LogP contribution in [0.25, 0.3) is 0 Å². The highest BCUT2D eigenvalue weighted by Gasteiger charge is 2.21. The lowest BCUT2D eigenvalue weighted by molar-refractivity contribution is -0.742. The molecule has 3 atom stereocenters. The number of hydrogen-bond donors (Lipinski definition) is 4. The Morgan fingerprint density at radius 3 is 1.83 bits per heavy atom. The molecule has 4 N–H and O–H groups in total. The zero-order valence-electron chi connectivity index (χ0n) is 13.5. The van der Waals surface area contributed by atoms with Gasteiger partial charge < -0.3 is 30.1 Å². The van der Waals surface area contributed by atoms with Crippen LogP contribution < -0.4 is 0 Å². The topological polar surface area (TPSA) is 186 Å². The quantitative estimate of drug-likeness (QED) is 0.382. The zero-order chi connectivity index (χ0) is 19.0. The Bertz CT molecular complexity index is 305. The van der Waals surface area contributed by atoms with Crippen molar-refractivity contribution in [3.8, 4) is 0 Å². The second-order valence-electron chi connectivity index (χ2n) is 4.90. The first-order valence-corrected chi connectivity index (χ1v) is 7.42. The van der Waals surface area contributed by atoms with Crippen LogP contribution in [0.15, 0.2) is 0 Å². The molecule has 0 aromatic heterocycles. The Kier molecular flexibility index (Phi) is 16.4. The van der Waals surface area contributed by atoms with Crippen LogP contribution in [0, 0.1) is 26.1 Å². The predicted molar refractivity (Wildman–Crippen MR) is 78.6 cm³/mol. The van der Waals surface area contributed by atoms with Crippen molar-refractivity contribution in [2.75, 3.05) is 19.8 Å². The van der Waals surface area contributed by atoms with E-state index in [-0.39, 0.29) is 6.10 Å². The van der Waals surface area contributed by atoms with Gasteiger partial charge in [0, 0.05) is 13.2 Å². The molecule has 0 spiro atoms. The lowest BCUT2D eigenvalue weighted by Gasteiger charge is -2.26. The molecule has 0 aliphatic carbocycles. The number of rotatable bonds is 1. The standard InChI is InChI=1S/C7H14O2.C5H10O2.2HNO3/c1-2-6-3-4-9-5-7(6)8;6-5-3-1-2-4-7-5;2*2-1(3)4/h6-8H,2-5H2,1H3;5-6H,1-4H2;2*(H,2,3,4). The second kappa shape index (κ2) is 16.1. The molecule has 12 heteroatoms. The van der Waals surface area contributed by atoms with Crippen molar-refractivity contribution in [2.45, 2.75) is 51.4 Å². The van der Waals surface area contributed by atoms with E-state index in [1.54, 1.807) is 0 Å². The maximum atomic E-state index is 9.24. The molecular weight excluding hydrogens is 332 g/mol. The van der Waals surface area contributed by atoms with Crippen LogP contribution in [0.4, 0.5) is 0 Å². The van der Waals surface area contributed by atoms with Gasteiger partial charge in [-0.1, -0.05) is 13.3 Å². The highest BCUT2D eigenvalue weighted by molar-refractivity contribution is 4.70. The Morgan fingerprint density at radius 2 is 1.58 bits per heavy atom. The summed E-state index contributed by atoms with van der Waals surface area (Å²) in [6.45, 7) is 4.22. The van der Waals surface area contributed by atoms with Crippen molar-refractivity contribution in [3.05, 3.63) is 20.2 Å². The number of hydrogen-bond acceptors (Lipinski definition) is 8. The first-order chi connectivity index (χ1) is 11.2. The molecule has 0 bridgehead atoms. The fourth-order valence-electron chi connectivity index (χ4n) is 1.97. The van der Waals surface area contributed by atoms with Crippen LogP contribution in [-0.4, -0.2) is 63.0 Å². The molecular formula is C12H26N2O10. The van der Waals surface area contributed by atoms with Crippen molar-refractivity contribution in [1.29, 1.82) is 0 Å². The smallest absolute Gasteiger partial charge is 0.291 e. The molecule has 0 aromatic carbocycles. The van der Waals surface area contributed by atoms with E-state index in [1.807, 2.05) is 0 Å². The zero-order valence-corrected chi connectivity index (χ0v) is 13.5. The van der Waals surface area contributed by atoms with Gasteiger partial charge in [-0.3, -0.25) is 0 Å². The first kappa shape index (κ1) is 24.5. The lowest BCUT2D eigenvalue weighted by Crippen LogP contribution is -2.31. The largest absolute Gasteiger partial charge is 0.390 e. The normalized spacial score (nSPS) is 25.4. The minimum atomic E-state index is -1.50. The van der Waals surface area contributed by atoms with Gasteiger partial charge in [-0.25, -0.2) is 0 Å². The van der Waals surface area contributed by atoms with E-state index in [0.717, 1.165) is 45.3 Å². The van der Waals surface area contributed by atoms with E-state index in [4.69, 9.17) is 45.2 Å². The van der Waals surface area contributed by atoms with Gasteiger partial charge in [0.05, 0.1) is 12.7 Å². The Morgan fingerprint density at radius 1 is 1.04 bits per heavy atom. The molecule has 0 radical (unpaired) electrons. The van der Waals surface area contributed by atoms with Gasteiger partial charge in [0.25, 0.3) is 10.2 Å². The van der Waals surface area contributed by atoms with Gasteiger partial charge in [-0.2, -0.15) is 0 Å². The number of nitrogens with zero attached hydrogens (tertiary/aromatic N) is 2. The molecule has 0 aromatic rings. The van der Waals surface area contributed by atoms with Crippen LogP contribution in [0.1, 0.15) is 39.0 Å². The van der Waals surface area contributed by atoms with Crippen LogP contribution in [0.5, 0.6) is 0 Å². The van der Waals surface area contributed by atoms with E-state index in [0.29, 0.717) is 12.5 Å². The monoisotopic (exact) mass is 358 g/mol. The number of aliphatic hydroxyl groups excluding tert-OH is 2. The molecule has 2 saturated heterocycles. The molecule has 2 fully saturated rings. The van der Waals surface area contributed by atoms with E-state index >= 15 is 0 Å². The Balaban J connectivity index is 0. The van der Waals surface area contributed by atoms with Crippen LogP contribution in [0.2, 0.25) is 0 Å². The molecule has 0 saturated carbocycles. The van der Waals surface area contributed by atoms with Crippen LogP contribution >= 0.6 is 0 Å². The van der Waals surface area contributed by atoms with E-state index < -0.39 is 16.5 Å². The van der Waals surface area contributed by atoms with Gasteiger partial charge in [-0.15, -0.1) is 20.2 Å². The van der Waals surface area contributed by atoms with Gasteiger partial charge >= 0.3 is 0 Å². The number of aliphatic hydroxyl groups is 2. The van der Waals surface area contributed by atoms with Gasteiger partial charge in [-0.05, 0) is 31.6 Å². The van der Waals surface area contributed by atoms with Crippen molar-refractivity contribution < 1.29 is 40.3 Å². The summed E-state index contributed by atoms with van der Waals surface area (Å²) >= 11 is 0. The average molecular weight is 358 g/mol. The highest BCUT2D eigenvalue weighted by atomic mass is 16.9. The molecule has 2 aliphatic heterocycles. The minimum absolute atomic E-state index is 0.205. The fourth-order valence-corrected chi connectivity index (χ4v) is 1.97. The maximum Gasteiger partial charge on any atom is 0.291 e. The Hall–Kier alpha value is -1.76. The summed E-state index contributed by atoms with van der Waals surface area (Å²) in [6, 6.07) is 0. The third kappa shape index (κ3) is 20.2. The predicted octanol–water partition coefficient (Wildman–Crippen LogP) is 0.604. The summed E-state index contributed by atoms with van der Waals surface area (Å²) in [7, 11) is 0. The van der Waals surface area contributed by atoms with E-state index in [2.05, 4.69) is 6.92 Å². The van der Waals surface area contributed by atoms with Gasteiger partial charge in [0.2, 0.25) is 0 Å². The molecule has 12 nitrogen and oxygen atoms in total. The molecule has 2 heterocycles. The summed E-state index contributed by atoms with van der Waals surface area (Å²) in [5.41, 5.74) is 0. The Labute approximate surface area is 138 Å². The van der Waals surface area contributed by atoms with Crippen molar-refractivity contribution in [2.24, 2.45) is 5.92 Å². The van der Waals surface area contributed by atoms with Crippen LogP contribution in [0.3, 0.4) is 0 Å². The molecule has 144 valence electrons. The summed E-state index contributed by atoms with van der Waals surface area (Å²) in [6.07, 6.45) is 4.47. The van der Waals surface area contributed by atoms with Gasteiger partial charge in [0.15, 0.2) is 6.29 Å². The average Bonchev–Trinajstić information content (AvgIpc) is 2.48. The third-order valence-electron chi connectivity index (χ3n) is 3.15. The summed E-state index contributed by atoms with van der Waals surface area (Å²) in [5, 5.41) is 45.2. The minimum Gasteiger partial charge on any atom is -0.390 e. The SMILES string of the molecule is CCC1CCOCC1O.O=[N+]([O-])O.O=[N+]([O-])O.OC1CCCCO1. The van der Waals surface area contributed by atoms with E-state index in [9.17, 15) is 5.11 Å². The lowest BCUT2D eigenvalue weighted by atomic mass is 9.95. The second-order valence-corrected chi connectivity index (χ2v) is 4.90. The maximum absolute atomic E-state index is 9.24. The first-order valence-electron chi connectivity index (χ1n) is 7.42. The van der Waals surface area contributed by atoms with Gasteiger partial charge in [0.1, 0.15) is 0 Å². The summed E-state index contributed by atoms with van der Waals surface area (Å²) < 4.78 is 9.90. The van der Waals surface area contributed by atoms with Crippen LogP contribution in [-0.2, 0) is 9.47 Å². The summed E-state index contributed by atoms with van der Waals surface area (Å²) in [4.78, 5) is 16.7. The van der Waals surface area contributed by atoms with Crippen molar-refractivity contribution >= 4 is 0 Å². The molecule has 24 heavy (non-hydrogen) atoms. The van der Waals surface area contributed by atoms with Crippen molar-refractivity contribution in [3.63, 3.8) is 0 Å². The molecule has 2 rings (SSSR count). The molecule has 0 amide bonds. The fraction of sp³-hybridized carbons (Fsp3) is 1.00. The molecule has 3 unspecified atom stereocenters. The van der Waals surface area contributed by atoms with E-state index in [1.165, 1.54) is 0 Å². The third-order valence-corrected chi connectivity index (χ3v) is 3.15. The highest BCUT2D eigenvalue weighted by Crippen LogP contribution is 2.17. The number of ether oxygens (including phenoxy) is 2.